The highest BCUT2D eigenvalue weighted by Gasteiger charge is 2.50. The molecule has 2 atom stereocenters. The van der Waals surface area contributed by atoms with Gasteiger partial charge in [-0.15, -0.1) is 0 Å². The first-order valence-corrected chi connectivity index (χ1v) is 9.03. The monoisotopic (exact) mass is 328 g/mol. The van der Waals surface area contributed by atoms with Gasteiger partial charge in [-0.2, -0.15) is 5.26 Å². The predicted molar refractivity (Wildman–Crippen MR) is 98.5 cm³/mol. The molecule has 2 aliphatic rings. The first kappa shape index (κ1) is 14.5. The molecule has 4 nitrogen and oxygen atoms in total. The summed E-state index contributed by atoms with van der Waals surface area (Å²) in [4.78, 5) is 10.8. The van der Waals surface area contributed by atoms with Gasteiger partial charge in [0.1, 0.15) is 11.2 Å². The molecule has 0 aliphatic carbocycles. The maximum atomic E-state index is 10.3. The van der Waals surface area contributed by atoms with Crippen molar-refractivity contribution in [3.63, 3.8) is 0 Å². The maximum absolute atomic E-state index is 10.3. The van der Waals surface area contributed by atoms with E-state index in [-0.39, 0.29) is 6.04 Å². The highest BCUT2D eigenvalue weighted by molar-refractivity contribution is 5.75. The molecule has 1 saturated heterocycles. The van der Waals surface area contributed by atoms with Gasteiger partial charge in [0.25, 0.3) is 0 Å². The molecule has 0 amide bonds. The molecule has 0 bridgehead atoms. The average Bonchev–Trinajstić information content (AvgIpc) is 3.12. The second-order valence-corrected chi connectivity index (χ2v) is 7.20. The Kier molecular flexibility index (Phi) is 3.11. The van der Waals surface area contributed by atoms with Crippen LogP contribution in [0.3, 0.4) is 0 Å². The minimum Gasteiger partial charge on any atom is -0.366 e. The number of hydrogen-bond acceptors (Lipinski definition) is 3. The Balaban J connectivity index is 1.73. The van der Waals surface area contributed by atoms with Crippen molar-refractivity contribution < 1.29 is 0 Å². The summed E-state index contributed by atoms with van der Waals surface area (Å²) in [6.45, 7) is 1.02. The first-order chi connectivity index (χ1) is 12.3. The Labute approximate surface area is 147 Å². The Morgan fingerprint density at radius 1 is 1.12 bits per heavy atom. The number of para-hydroxylation sites is 3. The highest BCUT2D eigenvalue weighted by atomic mass is 15.2. The lowest BCUT2D eigenvalue weighted by Gasteiger charge is -2.49. The summed E-state index contributed by atoms with van der Waals surface area (Å²) < 4.78 is 0. The van der Waals surface area contributed by atoms with Crippen molar-refractivity contribution in [2.75, 3.05) is 11.4 Å². The van der Waals surface area contributed by atoms with Crippen LogP contribution in [0.4, 0.5) is 5.69 Å². The van der Waals surface area contributed by atoms with E-state index in [0.29, 0.717) is 0 Å². The third-order valence-electron chi connectivity index (χ3n) is 5.85. The summed E-state index contributed by atoms with van der Waals surface area (Å²) in [5, 5.41) is 10.3. The van der Waals surface area contributed by atoms with Crippen molar-refractivity contribution in [3.8, 4) is 6.07 Å². The molecule has 1 N–H and O–H groups in total. The molecule has 2 aromatic carbocycles. The number of benzene rings is 2. The summed E-state index contributed by atoms with van der Waals surface area (Å²) in [5.74, 6) is 0.822. The summed E-state index contributed by atoms with van der Waals surface area (Å²) in [7, 11) is 0. The number of imidazole rings is 1. The molecule has 25 heavy (non-hydrogen) atoms. The number of aromatic nitrogens is 2. The van der Waals surface area contributed by atoms with E-state index >= 15 is 0 Å². The van der Waals surface area contributed by atoms with Gasteiger partial charge in [0.15, 0.2) is 0 Å². The fourth-order valence-corrected chi connectivity index (χ4v) is 4.66. The number of nitrogens with zero attached hydrogens (tertiary/aromatic N) is 3. The molecule has 0 radical (unpaired) electrons. The van der Waals surface area contributed by atoms with Crippen LogP contribution in [0.15, 0.2) is 48.5 Å². The van der Waals surface area contributed by atoms with Crippen LogP contribution >= 0.6 is 0 Å². The van der Waals surface area contributed by atoms with Crippen molar-refractivity contribution in [1.82, 2.24) is 9.97 Å². The molecular formula is C21H20N4. The smallest absolute Gasteiger partial charge is 0.139 e. The summed E-state index contributed by atoms with van der Waals surface area (Å²) in [6.07, 6.45) is 4.12. The molecule has 0 unspecified atom stereocenters. The van der Waals surface area contributed by atoms with Crippen molar-refractivity contribution in [2.24, 2.45) is 0 Å². The Morgan fingerprint density at radius 3 is 2.84 bits per heavy atom. The summed E-state index contributed by atoms with van der Waals surface area (Å²) in [6, 6.07) is 19.5. The lowest BCUT2D eigenvalue weighted by atomic mass is 9.69. The van der Waals surface area contributed by atoms with Gasteiger partial charge >= 0.3 is 0 Å². The van der Waals surface area contributed by atoms with E-state index in [2.05, 4.69) is 40.2 Å². The van der Waals surface area contributed by atoms with Crippen molar-refractivity contribution in [1.29, 1.82) is 5.26 Å². The number of rotatable bonds is 1. The molecule has 0 spiro atoms. The molecule has 2 aliphatic heterocycles. The molecule has 1 fully saturated rings. The summed E-state index contributed by atoms with van der Waals surface area (Å²) >= 11 is 0. The molecule has 4 heteroatoms. The predicted octanol–water partition coefficient (Wildman–Crippen LogP) is 3.94. The number of nitriles is 1. The minimum atomic E-state index is -0.617. The van der Waals surface area contributed by atoms with E-state index in [4.69, 9.17) is 4.98 Å². The van der Waals surface area contributed by atoms with Crippen LogP contribution in [0.1, 0.15) is 30.7 Å². The van der Waals surface area contributed by atoms with Crippen LogP contribution in [0.25, 0.3) is 11.0 Å². The number of hydrogen-bond donors (Lipinski definition) is 1. The number of fused-ring (bicyclic) bond motifs is 4. The van der Waals surface area contributed by atoms with Crippen molar-refractivity contribution in [3.05, 3.63) is 59.9 Å². The van der Waals surface area contributed by atoms with Crippen LogP contribution < -0.4 is 4.90 Å². The number of piperidine rings is 1. The normalized spacial score (nSPS) is 25.2. The van der Waals surface area contributed by atoms with Gasteiger partial charge in [0.2, 0.25) is 0 Å². The van der Waals surface area contributed by atoms with E-state index in [1.807, 2.05) is 24.3 Å². The van der Waals surface area contributed by atoms with Crippen LogP contribution in [0.5, 0.6) is 0 Å². The van der Waals surface area contributed by atoms with Crippen molar-refractivity contribution >= 4 is 16.7 Å². The second-order valence-electron chi connectivity index (χ2n) is 7.20. The molecule has 3 aromatic rings. The van der Waals surface area contributed by atoms with E-state index in [1.54, 1.807) is 0 Å². The van der Waals surface area contributed by atoms with Crippen LogP contribution in [0, 0.1) is 11.3 Å². The van der Waals surface area contributed by atoms with E-state index in [9.17, 15) is 5.26 Å². The fourth-order valence-electron chi connectivity index (χ4n) is 4.66. The molecule has 1 aromatic heterocycles. The molecule has 0 saturated carbocycles. The topological polar surface area (TPSA) is 55.7 Å². The first-order valence-electron chi connectivity index (χ1n) is 9.03. The number of nitrogens with one attached hydrogen (secondary N) is 1. The van der Waals surface area contributed by atoms with Gasteiger partial charge in [-0.05, 0) is 43.0 Å². The van der Waals surface area contributed by atoms with Gasteiger partial charge in [0, 0.05) is 18.7 Å². The van der Waals surface area contributed by atoms with Gasteiger partial charge in [-0.1, -0.05) is 30.3 Å². The zero-order valence-corrected chi connectivity index (χ0v) is 14.1. The fraction of sp³-hybridized carbons (Fsp3) is 0.333. The Bertz CT molecular complexity index is 950. The third-order valence-corrected chi connectivity index (χ3v) is 5.85. The second kappa shape index (κ2) is 5.35. The van der Waals surface area contributed by atoms with E-state index in [1.165, 1.54) is 24.1 Å². The van der Waals surface area contributed by atoms with Crippen molar-refractivity contribution in [2.45, 2.75) is 37.1 Å². The van der Waals surface area contributed by atoms with Gasteiger partial charge in [-0.3, -0.25) is 0 Å². The number of anilines is 1. The van der Waals surface area contributed by atoms with Crippen LogP contribution in [-0.2, 0) is 11.8 Å². The third kappa shape index (κ3) is 2.02. The Morgan fingerprint density at radius 2 is 1.96 bits per heavy atom. The largest absolute Gasteiger partial charge is 0.366 e. The van der Waals surface area contributed by atoms with Gasteiger partial charge in [0.05, 0.1) is 23.1 Å². The molecular weight excluding hydrogens is 308 g/mol. The SMILES string of the molecule is N#C[C@]1(c2nc3ccccc3[nH]2)Cc2ccccc2N2CCCC[C@@H]21. The average molecular weight is 328 g/mol. The quantitative estimate of drug-likeness (QED) is 0.736. The zero-order chi connectivity index (χ0) is 16.9. The highest BCUT2D eigenvalue weighted by Crippen LogP contribution is 2.45. The lowest BCUT2D eigenvalue weighted by Crippen LogP contribution is -2.57. The minimum absolute atomic E-state index is 0.182. The Hall–Kier alpha value is -2.80. The maximum Gasteiger partial charge on any atom is 0.139 e. The molecule has 5 rings (SSSR count). The van der Waals surface area contributed by atoms with Crippen LogP contribution in [-0.4, -0.2) is 22.6 Å². The lowest BCUT2D eigenvalue weighted by molar-refractivity contribution is 0.314. The number of aromatic amines is 1. The molecule has 124 valence electrons. The van der Waals surface area contributed by atoms with E-state index in [0.717, 1.165) is 36.2 Å². The summed E-state index contributed by atoms with van der Waals surface area (Å²) in [5.41, 5.74) is 3.88. The van der Waals surface area contributed by atoms with E-state index < -0.39 is 5.41 Å². The van der Waals surface area contributed by atoms with Gasteiger partial charge < -0.3 is 9.88 Å². The standard InChI is InChI=1S/C21H20N4/c22-14-21(20-23-16-8-2-3-9-17(16)24-20)13-15-7-1-4-10-18(15)25-12-6-5-11-19(21)25/h1-4,7-10,19H,5-6,11-13H2,(H,23,24)/t19-,21-/m1/s1. The molecule has 3 heterocycles. The zero-order valence-electron chi connectivity index (χ0n) is 14.1. The van der Waals surface area contributed by atoms with Crippen LogP contribution in [0.2, 0.25) is 0 Å². The van der Waals surface area contributed by atoms with Gasteiger partial charge in [-0.25, -0.2) is 4.98 Å². The number of H-pyrrole nitrogens is 1.